The number of rotatable bonds is 7. The summed E-state index contributed by atoms with van der Waals surface area (Å²) in [4.78, 5) is 14.4. The Balaban J connectivity index is 1.91. The number of aliphatic hydroxyl groups excluding tert-OH is 1. The molecule has 1 aliphatic carbocycles. The van der Waals surface area contributed by atoms with Gasteiger partial charge in [-0.05, 0) is 36.6 Å². The van der Waals surface area contributed by atoms with E-state index in [-0.39, 0.29) is 27.8 Å². The fraction of sp³-hybridized carbons (Fsp3) is 0.360. The maximum Gasteiger partial charge on any atom is 0.180 e. The molecule has 2 aliphatic rings. The minimum absolute atomic E-state index is 0.00311. The Morgan fingerprint density at radius 3 is 2.39 bits per heavy atom. The number of nitrogens with two attached hydrogens (primary N) is 1. The number of aliphatic hydroxyl groups is 1. The van der Waals surface area contributed by atoms with Crippen LogP contribution in [0, 0.1) is 0 Å². The van der Waals surface area contributed by atoms with E-state index in [0.717, 1.165) is 31.2 Å². The second kappa shape index (κ2) is 8.85. The molecule has 0 spiro atoms. The average Bonchev–Trinajstić information content (AvgIpc) is 2.79. The highest BCUT2D eigenvalue weighted by Gasteiger charge is 2.48. The van der Waals surface area contributed by atoms with Crippen molar-refractivity contribution >= 4 is 39.5 Å². The highest BCUT2D eigenvalue weighted by atomic mass is 32.3. The Hall–Kier alpha value is -2.81. The van der Waals surface area contributed by atoms with Crippen molar-refractivity contribution in [2.75, 3.05) is 11.1 Å². The lowest BCUT2D eigenvalue weighted by atomic mass is 9.63. The van der Waals surface area contributed by atoms with Gasteiger partial charge >= 0.3 is 0 Å². The van der Waals surface area contributed by atoms with Crippen LogP contribution in [0.5, 0.6) is 0 Å². The highest BCUT2D eigenvalue weighted by molar-refractivity contribution is 8.23. The first-order valence-corrected chi connectivity index (χ1v) is 12.9. The van der Waals surface area contributed by atoms with E-state index in [0.29, 0.717) is 29.8 Å². The summed E-state index contributed by atoms with van der Waals surface area (Å²) in [5.41, 5.74) is 7.20. The van der Waals surface area contributed by atoms with Gasteiger partial charge in [-0.3, -0.25) is 13.9 Å². The van der Waals surface area contributed by atoms with Crippen LogP contribution in [-0.2, 0) is 10.2 Å². The molecule has 0 bridgehead atoms. The molecule has 0 radical (unpaired) electrons. The van der Waals surface area contributed by atoms with Gasteiger partial charge in [0.05, 0.1) is 11.1 Å². The van der Waals surface area contributed by atoms with Crippen LogP contribution < -0.4 is 11.1 Å². The largest absolute Gasteiger partial charge is 0.506 e. The maximum atomic E-state index is 14.2. The summed E-state index contributed by atoms with van der Waals surface area (Å²) in [5, 5.41) is 14.3. The zero-order chi connectivity index (χ0) is 23.8. The van der Waals surface area contributed by atoms with Gasteiger partial charge < -0.3 is 16.2 Å². The van der Waals surface area contributed by atoms with Crippen molar-refractivity contribution in [1.82, 2.24) is 0 Å². The first-order valence-electron chi connectivity index (χ1n) is 11.4. The summed E-state index contributed by atoms with van der Waals surface area (Å²) in [7, 11) is -3.61. The van der Waals surface area contributed by atoms with Crippen molar-refractivity contribution in [2.45, 2.75) is 62.7 Å². The minimum Gasteiger partial charge on any atom is -0.506 e. The fourth-order valence-corrected chi connectivity index (χ4v) is 6.01. The molecule has 6 N–H and O–H groups in total. The third kappa shape index (κ3) is 3.92. The normalized spacial score (nSPS) is 19.3. The summed E-state index contributed by atoms with van der Waals surface area (Å²) in [6.45, 7) is 4.18. The van der Waals surface area contributed by atoms with Gasteiger partial charge in [0.2, 0.25) is 0 Å². The molecule has 0 unspecified atom stereocenters. The van der Waals surface area contributed by atoms with E-state index in [1.165, 1.54) is 6.07 Å². The number of fused-ring (bicyclic) bond motifs is 2. The fourth-order valence-electron chi connectivity index (χ4n) is 4.81. The van der Waals surface area contributed by atoms with Crippen LogP contribution in [-0.4, -0.2) is 25.8 Å². The van der Waals surface area contributed by atoms with Crippen molar-refractivity contribution in [3.63, 3.8) is 0 Å². The Morgan fingerprint density at radius 2 is 1.73 bits per heavy atom. The minimum atomic E-state index is -3.61. The predicted molar refractivity (Wildman–Crippen MR) is 135 cm³/mol. The van der Waals surface area contributed by atoms with Gasteiger partial charge in [0.25, 0.3) is 0 Å². The van der Waals surface area contributed by atoms with E-state index in [2.05, 4.69) is 23.6 Å². The molecule has 4 rings (SSSR count). The van der Waals surface area contributed by atoms with E-state index >= 15 is 0 Å². The summed E-state index contributed by atoms with van der Waals surface area (Å²) in [6, 6.07) is 12.2. The molecule has 8 heteroatoms. The zero-order valence-corrected chi connectivity index (χ0v) is 19.8. The van der Waals surface area contributed by atoms with Gasteiger partial charge in [-0.15, -0.1) is 4.40 Å². The smallest absolute Gasteiger partial charge is 0.180 e. The molecule has 0 saturated heterocycles. The molecule has 2 aromatic carbocycles. The first-order chi connectivity index (χ1) is 15.7. The third-order valence-corrected chi connectivity index (χ3v) is 7.88. The molecule has 7 nitrogen and oxygen atoms in total. The Kier molecular flexibility index (Phi) is 6.26. The molecular formula is C25H31N3O4S. The summed E-state index contributed by atoms with van der Waals surface area (Å²) < 4.78 is 25.7. The first kappa shape index (κ1) is 23.4. The monoisotopic (exact) mass is 469 g/mol. The van der Waals surface area contributed by atoms with Crippen LogP contribution >= 0.6 is 10.8 Å². The maximum absolute atomic E-state index is 14.2. The van der Waals surface area contributed by atoms with Crippen LogP contribution in [0.15, 0.2) is 57.3 Å². The van der Waals surface area contributed by atoms with E-state index in [4.69, 9.17) is 5.73 Å². The van der Waals surface area contributed by atoms with Crippen molar-refractivity contribution in [3.8, 4) is 0 Å². The van der Waals surface area contributed by atoms with Crippen LogP contribution in [0.4, 0.5) is 11.4 Å². The molecule has 0 amide bonds. The highest BCUT2D eigenvalue weighted by Crippen LogP contribution is 2.57. The van der Waals surface area contributed by atoms with E-state index in [1.807, 2.05) is 18.2 Å². The summed E-state index contributed by atoms with van der Waals surface area (Å²) in [5.74, 6) is -0.456. The van der Waals surface area contributed by atoms with Crippen LogP contribution in [0.3, 0.4) is 0 Å². The number of Topliss-reactive ketones (excluding diaryl/α,β-unsaturated/α-hetero) is 1. The van der Waals surface area contributed by atoms with Gasteiger partial charge in [-0.1, -0.05) is 74.6 Å². The molecule has 0 atom stereocenters. The van der Waals surface area contributed by atoms with Crippen molar-refractivity contribution < 1.29 is 19.0 Å². The number of carbonyl (C=O) groups is 1. The molecule has 0 saturated carbocycles. The second-order valence-electron chi connectivity index (χ2n) is 8.73. The van der Waals surface area contributed by atoms with Crippen LogP contribution in [0.25, 0.3) is 5.76 Å². The standard InChI is InChI=1S/C25H31N3O4S/c1-3-5-13-25(14-6-4-2)18-10-8-7-9-17(18)22(29)21(23(25)30)24-27-19-12-11-16(26)15-20(19)33(31,32)28-24/h7-12,15,29,31-32H,3-6,13-14,26H2,1-2H3,(H,27,28). The number of hydrogen-bond donors (Lipinski definition) is 5. The number of anilines is 2. The Bertz CT molecular complexity index is 1150. The molecule has 0 fully saturated rings. The summed E-state index contributed by atoms with van der Waals surface area (Å²) in [6.07, 6.45) is 4.87. The number of unbranched alkanes of at least 4 members (excludes halogenated alkanes) is 2. The van der Waals surface area contributed by atoms with Crippen molar-refractivity contribution in [3.05, 3.63) is 59.2 Å². The number of carbonyl (C=O) groups excluding carboxylic acids is 1. The van der Waals surface area contributed by atoms with Gasteiger partial charge in [0.15, 0.2) is 11.6 Å². The van der Waals surface area contributed by atoms with Gasteiger partial charge in [-0.25, -0.2) is 0 Å². The number of amidine groups is 1. The van der Waals surface area contributed by atoms with E-state index < -0.39 is 16.2 Å². The molecular weight excluding hydrogens is 438 g/mol. The number of hydrogen-bond acceptors (Lipinski definition) is 7. The molecule has 2 aromatic rings. The second-order valence-corrected chi connectivity index (χ2v) is 10.4. The average molecular weight is 470 g/mol. The lowest BCUT2D eigenvalue weighted by Gasteiger charge is -2.40. The van der Waals surface area contributed by atoms with Gasteiger partial charge in [-0.2, -0.15) is 0 Å². The SMILES string of the molecule is CCCCC1(CCCC)C(=O)C(C2=NS(O)(O)c3cc(N)ccc3N2)=C(O)c2ccccc21. The lowest BCUT2D eigenvalue weighted by Crippen LogP contribution is -2.44. The van der Waals surface area contributed by atoms with E-state index in [1.54, 1.807) is 18.2 Å². The number of benzene rings is 2. The van der Waals surface area contributed by atoms with Gasteiger partial charge in [0.1, 0.15) is 16.2 Å². The Labute approximate surface area is 195 Å². The molecule has 1 heterocycles. The lowest BCUT2D eigenvalue weighted by molar-refractivity contribution is -0.121. The predicted octanol–water partition coefficient (Wildman–Crippen LogP) is 6.29. The van der Waals surface area contributed by atoms with Crippen LogP contribution in [0.2, 0.25) is 0 Å². The number of ketones is 1. The summed E-state index contributed by atoms with van der Waals surface area (Å²) >= 11 is 0. The Morgan fingerprint density at radius 1 is 1.06 bits per heavy atom. The molecule has 1 aliphatic heterocycles. The number of nitrogen functional groups attached to an aromatic ring is 1. The number of nitrogens with zero attached hydrogens (tertiary/aromatic N) is 1. The zero-order valence-electron chi connectivity index (χ0n) is 19.0. The van der Waals surface area contributed by atoms with Crippen LogP contribution in [0.1, 0.15) is 63.5 Å². The van der Waals surface area contributed by atoms with Crippen molar-refractivity contribution in [1.29, 1.82) is 0 Å². The molecule has 0 aromatic heterocycles. The van der Waals surface area contributed by atoms with Gasteiger partial charge in [0, 0.05) is 11.3 Å². The number of nitrogens with one attached hydrogen (secondary N) is 1. The molecule has 176 valence electrons. The van der Waals surface area contributed by atoms with E-state index in [9.17, 15) is 19.0 Å². The topological polar surface area (TPSA) is 128 Å². The van der Waals surface area contributed by atoms with Crippen molar-refractivity contribution in [2.24, 2.45) is 4.40 Å². The quantitative estimate of drug-likeness (QED) is 0.303. The molecule has 33 heavy (non-hydrogen) atoms. The third-order valence-electron chi connectivity index (χ3n) is 6.52.